The van der Waals surface area contributed by atoms with Gasteiger partial charge in [-0.1, -0.05) is 13.8 Å². The van der Waals surface area contributed by atoms with Crippen molar-refractivity contribution in [1.29, 1.82) is 0 Å². The topological polar surface area (TPSA) is 40.5 Å². The summed E-state index contributed by atoms with van der Waals surface area (Å²) < 4.78 is 0. The fraction of sp³-hybridized carbons (Fsp3) is 0.923. The molecule has 1 saturated heterocycles. The van der Waals surface area contributed by atoms with Crippen molar-refractivity contribution in [3.05, 3.63) is 0 Å². The first kappa shape index (κ1) is 13.5. The Morgan fingerprint density at radius 3 is 2.50 bits per heavy atom. The highest BCUT2D eigenvalue weighted by atomic mass is 16.3. The van der Waals surface area contributed by atoms with E-state index in [9.17, 15) is 4.79 Å². The van der Waals surface area contributed by atoms with Crippen LogP contribution >= 0.6 is 0 Å². The van der Waals surface area contributed by atoms with Crippen molar-refractivity contribution in [2.24, 2.45) is 5.41 Å². The Kier molecular flexibility index (Phi) is 4.78. The predicted molar refractivity (Wildman–Crippen MR) is 65.1 cm³/mol. The van der Waals surface area contributed by atoms with E-state index in [1.54, 1.807) is 6.92 Å². The Balaban J connectivity index is 2.43. The van der Waals surface area contributed by atoms with Crippen molar-refractivity contribution in [1.82, 2.24) is 4.90 Å². The number of carbonyl (C=O) groups is 1. The van der Waals surface area contributed by atoms with Crippen LogP contribution in [-0.4, -0.2) is 35.1 Å². The van der Waals surface area contributed by atoms with Gasteiger partial charge in [-0.3, -0.25) is 4.79 Å². The lowest BCUT2D eigenvalue weighted by Gasteiger charge is -2.26. The van der Waals surface area contributed by atoms with Gasteiger partial charge in [-0.2, -0.15) is 0 Å². The van der Waals surface area contributed by atoms with Crippen LogP contribution in [0.25, 0.3) is 0 Å². The van der Waals surface area contributed by atoms with Gasteiger partial charge in [-0.25, -0.2) is 0 Å². The summed E-state index contributed by atoms with van der Waals surface area (Å²) in [6.45, 7) is 7.99. The lowest BCUT2D eigenvalue weighted by atomic mass is 9.82. The summed E-state index contributed by atoms with van der Waals surface area (Å²) in [6.07, 6.45) is 4.16. The molecule has 1 aliphatic heterocycles. The number of amides is 1. The molecule has 0 aromatic heterocycles. The number of aliphatic hydroxyl groups is 1. The van der Waals surface area contributed by atoms with Gasteiger partial charge in [0.1, 0.15) is 0 Å². The van der Waals surface area contributed by atoms with Crippen molar-refractivity contribution >= 4 is 5.91 Å². The highest BCUT2D eigenvalue weighted by Crippen LogP contribution is 2.37. The summed E-state index contributed by atoms with van der Waals surface area (Å²) in [6, 6.07) is 0. The summed E-state index contributed by atoms with van der Waals surface area (Å²) >= 11 is 0. The molecule has 1 amide bonds. The smallest absolute Gasteiger partial charge is 0.222 e. The fourth-order valence-electron chi connectivity index (χ4n) is 2.47. The number of rotatable bonds is 5. The van der Waals surface area contributed by atoms with E-state index in [0.29, 0.717) is 18.3 Å². The molecule has 1 atom stereocenters. The van der Waals surface area contributed by atoms with E-state index in [2.05, 4.69) is 13.8 Å². The minimum absolute atomic E-state index is 0.213. The lowest BCUT2D eigenvalue weighted by Crippen LogP contribution is -2.32. The molecule has 1 N–H and O–H groups in total. The molecule has 0 saturated carbocycles. The van der Waals surface area contributed by atoms with E-state index in [0.717, 1.165) is 32.4 Å². The molecule has 1 rings (SSSR count). The Hall–Kier alpha value is -0.570. The molecule has 0 bridgehead atoms. The van der Waals surface area contributed by atoms with E-state index in [1.165, 1.54) is 0 Å². The van der Waals surface area contributed by atoms with Crippen molar-refractivity contribution in [2.45, 2.75) is 59.0 Å². The van der Waals surface area contributed by atoms with Crippen LogP contribution in [0.2, 0.25) is 0 Å². The molecule has 94 valence electrons. The Morgan fingerprint density at radius 2 is 2.06 bits per heavy atom. The summed E-state index contributed by atoms with van der Waals surface area (Å²) in [5.74, 6) is 0.213. The van der Waals surface area contributed by atoms with E-state index >= 15 is 0 Å². The molecule has 0 aliphatic carbocycles. The van der Waals surface area contributed by atoms with Crippen molar-refractivity contribution in [2.75, 3.05) is 13.1 Å². The van der Waals surface area contributed by atoms with Gasteiger partial charge < -0.3 is 10.0 Å². The van der Waals surface area contributed by atoms with E-state index in [4.69, 9.17) is 5.11 Å². The number of hydrogen-bond acceptors (Lipinski definition) is 2. The van der Waals surface area contributed by atoms with Gasteiger partial charge in [0.15, 0.2) is 0 Å². The van der Waals surface area contributed by atoms with Gasteiger partial charge in [-0.15, -0.1) is 0 Å². The zero-order chi connectivity index (χ0) is 12.2. The molecule has 0 aromatic carbocycles. The van der Waals surface area contributed by atoms with Crippen LogP contribution in [0.15, 0.2) is 0 Å². The third kappa shape index (κ3) is 3.21. The van der Waals surface area contributed by atoms with Crippen molar-refractivity contribution in [3.8, 4) is 0 Å². The highest BCUT2D eigenvalue weighted by Gasteiger charge is 2.36. The molecule has 0 radical (unpaired) electrons. The molecule has 3 nitrogen and oxygen atoms in total. The molecule has 0 spiro atoms. The molecule has 1 heterocycles. The normalized spacial score (nSPS) is 21.1. The summed E-state index contributed by atoms with van der Waals surface area (Å²) in [4.78, 5) is 13.9. The average Bonchev–Trinajstić information content (AvgIpc) is 2.71. The van der Waals surface area contributed by atoms with Crippen LogP contribution in [-0.2, 0) is 4.79 Å². The number of nitrogens with zero attached hydrogens (tertiary/aromatic N) is 1. The maximum Gasteiger partial charge on any atom is 0.222 e. The second-order valence-electron chi connectivity index (χ2n) is 5.16. The number of likely N-dealkylation sites (tertiary alicyclic amines) is 1. The quantitative estimate of drug-likeness (QED) is 0.782. The van der Waals surface area contributed by atoms with Crippen LogP contribution < -0.4 is 0 Å². The lowest BCUT2D eigenvalue weighted by molar-refractivity contribution is -0.131. The minimum atomic E-state index is -0.367. The van der Waals surface area contributed by atoms with Gasteiger partial charge in [0.05, 0.1) is 6.10 Å². The van der Waals surface area contributed by atoms with E-state index in [1.807, 2.05) is 4.90 Å². The Labute approximate surface area is 98.8 Å². The SMILES string of the molecule is CCC1(CC)CCN(C(=O)CCC(C)O)C1. The van der Waals surface area contributed by atoms with Gasteiger partial charge in [0.25, 0.3) is 0 Å². The third-order valence-electron chi connectivity index (χ3n) is 4.07. The monoisotopic (exact) mass is 227 g/mol. The number of hydrogen-bond donors (Lipinski definition) is 1. The minimum Gasteiger partial charge on any atom is -0.393 e. The second-order valence-corrected chi connectivity index (χ2v) is 5.16. The Morgan fingerprint density at radius 1 is 1.44 bits per heavy atom. The zero-order valence-electron chi connectivity index (χ0n) is 10.8. The largest absolute Gasteiger partial charge is 0.393 e. The zero-order valence-corrected chi connectivity index (χ0v) is 10.8. The first-order chi connectivity index (χ1) is 7.53. The van der Waals surface area contributed by atoms with Crippen molar-refractivity contribution < 1.29 is 9.90 Å². The van der Waals surface area contributed by atoms with Gasteiger partial charge >= 0.3 is 0 Å². The van der Waals surface area contributed by atoms with Crippen LogP contribution in [0.4, 0.5) is 0 Å². The third-order valence-corrected chi connectivity index (χ3v) is 4.07. The Bertz CT molecular complexity index is 234. The van der Waals surface area contributed by atoms with Crippen LogP contribution in [0.5, 0.6) is 0 Å². The van der Waals surface area contributed by atoms with E-state index < -0.39 is 0 Å². The molecule has 1 aliphatic rings. The average molecular weight is 227 g/mol. The second kappa shape index (κ2) is 5.67. The fourth-order valence-corrected chi connectivity index (χ4v) is 2.47. The molecule has 3 heteroatoms. The molecular formula is C13H25NO2. The van der Waals surface area contributed by atoms with Crippen LogP contribution in [0.3, 0.4) is 0 Å². The maximum absolute atomic E-state index is 11.9. The molecule has 16 heavy (non-hydrogen) atoms. The first-order valence-electron chi connectivity index (χ1n) is 6.49. The van der Waals surface area contributed by atoms with Gasteiger partial charge in [-0.05, 0) is 38.0 Å². The van der Waals surface area contributed by atoms with Gasteiger partial charge in [0, 0.05) is 19.5 Å². The number of aliphatic hydroxyl groups excluding tert-OH is 1. The first-order valence-corrected chi connectivity index (χ1v) is 6.49. The van der Waals surface area contributed by atoms with Crippen LogP contribution in [0, 0.1) is 5.41 Å². The summed E-state index contributed by atoms with van der Waals surface area (Å²) in [5.41, 5.74) is 0.362. The number of carbonyl (C=O) groups excluding carboxylic acids is 1. The predicted octanol–water partition coefficient (Wildman–Crippen LogP) is 2.19. The van der Waals surface area contributed by atoms with Crippen LogP contribution in [0.1, 0.15) is 52.9 Å². The van der Waals surface area contributed by atoms with Gasteiger partial charge in [0.2, 0.25) is 5.91 Å². The molecule has 1 fully saturated rings. The summed E-state index contributed by atoms with van der Waals surface area (Å²) in [5, 5.41) is 9.17. The molecule has 0 aromatic rings. The molecular weight excluding hydrogens is 202 g/mol. The standard InChI is InChI=1S/C13H25NO2/c1-4-13(5-2)8-9-14(10-13)12(16)7-6-11(3)15/h11,15H,4-10H2,1-3H3. The highest BCUT2D eigenvalue weighted by molar-refractivity contribution is 5.76. The summed E-state index contributed by atoms with van der Waals surface area (Å²) in [7, 11) is 0. The maximum atomic E-state index is 11.9. The van der Waals surface area contributed by atoms with Crippen molar-refractivity contribution in [3.63, 3.8) is 0 Å². The van der Waals surface area contributed by atoms with E-state index in [-0.39, 0.29) is 12.0 Å². The molecule has 1 unspecified atom stereocenters.